The minimum absolute atomic E-state index is 0.0990. The normalized spacial score (nSPS) is 14.0. The fourth-order valence-electron chi connectivity index (χ4n) is 2.93. The Balaban J connectivity index is 1.51. The first kappa shape index (κ1) is 18.7. The van der Waals surface area contributed by atoms with Gasteiger partial charge in [-0.25, -0.2) is 4.39 Å². The Bertz CT molecular complexity index is 819. The van der Waals surface area contributed by atoms with Crippen LogP contribution in [0.1, 0.15) is 10.4 Å². The number of carbonyl (C=O) groups is 2. The first-order valence-corrected chi connectivity index (χ1v) is 8.67. The van der Waals surface area contributed by atoms with Gasteiger partial charge in [-0.1, -0.05) is 18.2 Å². The van der Waals surface area contributed by atoms with Crippen molar-refractivity contribution in [1.29, 1.82) is 0 Å². The molecule has 0 N–H and O–H groups in total. The van der Waals surface area contributed by atoms with Gasteiger partial charge in [0.15, 0.2) is 18.1 Å². The standard InChI is InChI=1S/C20H21FN2O4/c1-26-17-7-2-3-8-18(17)27-14-19(24)22-9-11-23(12-10-22)20(25)15-5-4-6-16(21)13-15/h2-8,13H,9-12,14H2,1H3. The molecular formula is C20H21FN2O4. The lowest BCUT2D eigenvalue weighted by Gasteiger charge is -2.34. The molecule has 0 radical (unpaired) electrons. The number of hydrogen-bond donors (Lipinski definition) is 0. The monoisotopic (exact) mass is 372 g/mol. The summed E-state index contributed by atoms with van der Waals surface area (Å²) < 4.78 is 24.0. The molecule has 2 amide bonds. The van der Waals surface area contributed by atoms with Crippen LogP contribution in [0.3, 0.4) is 0 Å². The fraction of sp³-hybridized carbons (Fsp3) is 0.300. The van der Waals surface area contributed by atoms with Crippen LogP contribution in [0, 0.1) is 5.82 Å². The Morgan fingerprint density at radius 3 is 2.30 bits per heavy atom. The average Bonchev–Trinajstić information content (AvgIpc) is 2.71. The van der Waals surface area contributed by atoms with Crippen LogP contribution in [-0.4, -0.2) is 61.5 Å². The van der Waals surface area contributed by atoms with E-state index in [1.807, 2.05) is 6.07 Å². The molecule has 0 spiro atoms. The van der Waals surface area contributed by atoms with E-state index in [4.69, 9.17) is 9.47 Å². The number of carbonyl (C=O) groups excluding carboxylic acids is 2. The minimum atomic E-state index is -0.442. The lowest BCUT2D eigenvalue weighted by molar-refractivity contribution is -0.134. The topological polar surface area (TPSA) is 59.1 Å². The second-order valence-electron chi connectivity index (χ2n) is 6.12. The fourth-order valence-corrected chi connectivity index (χ4v) is 2.93. The largest absolute Gasteiger partial charge is 0.493 e. The predicted octanol–water partition coefficient (Wildman–Crippen LogP) is 2.20. The number of hydrogen-bond acceptors (Lipinski definition) is 4. The van der Waals surface area contributed by atoms with Gasteiger partial charge in [-0.2, -0.15) is 0 Å². The van der Waals surface area contributed by atoms with Crippen molar-refractivity contribution < 1.29 is 23.5 Å². The average molecular weight is 372 g/mol. The molecule has 3 rings (SSSR count). The molecule has 2 aromatic rings. The molecule has 0 bridgehead atoms. The van der Waals surface area contributed by atoms with Crippen molar-refractivity contribution in [3.8, 4) is 11.5 Å². The van der Waals surface area contributed by atoms with Gasteiger partial charge < -0.3 is 19.3 Å². The highest BCUT2D eigenvalue weighted by atomic mass is 19.1. The number of halogens is 1. The van der Waals surface area contributed by atoms with Crippen molar-refractivity contribution in [3.05, 3.63) is 59.9 Å². The quantitative estimate of drug-likeness (QED) is 0.807. The molecule has 0 aromatic heterocycles. The molecule has 1 fully saturated rings. The molecule has 1 saturated heterocycles. The highest BCUT2D eigenvalue weighted by Gasteiger charge is 2.25. The summed E-state index contributed by atoms with van der Waals surface area (Å²) in [4.78, 5) is 28.1. The molecule has 0 saturated carbocycles. The van der Waals surface area contributed by atoms with Gasteiger partial charge >= 0.3 is 0 Å². The van der Waals surface area contributed by atoms with Gasteiger partial charge in [-0.15, -0.1) is 0 Å². The molecule has 27 heavy (non-hydrogen) atoms. The van der Waals surface area contributed by atoms with E-state index < -0.39 is 5.82 Å². The van der Waals surface area contributed by atoms with E-state index >= 15 is 0 Å². The SMILES string of the molecule is COc1ccccc1OCC(=O)N1CCN(C(=O)c2cccc(F)c2)CC1. The molecular weight excluding hydrogens is 351 g/mol. The summed E-state index contributed by atoms with van der Waals surface area (Å²) in [6.45, 7) is 1.52. The van der Waals surface area contributed by atoms with Gasteiger partial charge in [0.25, 0.3) is 11.8 Å². The number of benzene rings is 2. The van der Waals surface area contributed by atoms with E-state index in [1.54, 1.807) is 41.2 Å². The Morgan fingerprint density at radius 1 is 0.963 bits per heavy atom. The predicted molar refractivity (Wildman–Crippen MR) is 97.4 cm³/mol. The number of para-hydroxylation sites is 2. The zero-order chi connectivity index (χ0) is 19.2. The van der Waals surface area contributed by atoms with Crippen molar-refractivity contribution in [1.82, 2.24) is 9.80 Å². The second-order valence-corrected chi connectivity index (χ2v) is 6.12. The van der Waals surface area contributed by atoms with Crippen LogP contribution in [-0.2, 0) is 4.79 Å². The Morgan fingerprint density at radius 2 is 1.63 bits per heavy atom. The summed E-state index contributed by atoms with van der Waals surface area (Å²) in [6.07, 6.45) is 0. The molecule has 2 aromatic carbocycles. The lowest BCUT2D eigenvalue weighted by atomic mass is 10.1. The van der Waals surface area contributed by atoms with Crippen LogP contribution in [0.2, 0.25) is 0 Å². The maximum Gasteiger partial charge on any atom is 0.260 e. The molecule has 142 valence electrons. The maximum atomic E-state index is 13.3. The van der Waals surface area contributed by atoms with Crippen LogP contribution in [0.4, 0.5) is 4.39 Å². The van der Waals surface area contributed by atoms with Crippen LogP contribution >= 0.6 is 0 Å². The first-order valence-electron chi connectivity index (χ1n) is 8.67. The smallest absolute Gasteiger partial charge is 0.260 e. The zero-order valence-corrected chi connectivity index (χ0v) is 15.1. The summed E-state index contributed by atoms with van der Waals surface area (Å²) >= 11 is 0. The molecule has 0 unspecified atom stereocenters. The van der Waals surface area contributed by atoms with Crippen molar-refractivity contribution >= 4 is 11.8 Å². The first-order chi connectivity index (χ1) is 13.1. The molecule has 7 heteroatoms. The van der Waals surface area contributed by atoms with Crippen LogP contribution in [0.5, 0.6) is 11.5 Å². The molecule has 1 aliphatic heterocycles. The number of piperazine rings is 1. The number of ether oxygens (including phenoxy) is 2. The van der Waals surface area contributed by atoms with Gasteiger partial charge in [-0.3, -0.25) is 9.59 Å². The van der Waals surface area contributed by atoms with Gasteiger partial charge in [0.05, 0.1) is 7.11 Å². The van der Waals surface area contributed by atoms with Crippen LogP contribution in [0.15, 0.2) is 48.5 Å². The van der Waals surface area contributed by atoms with Crippen LogP contribution in [0.25, 0.3) is 0 Å². The van der Waals surface area contributed by atoms with Crippen molar-refractivity contribution in [3.63, 3.8) is 0 Å². The van der Waals surface area contributed by atoms with Gasteiger partial charge in [0.2, 0.25) is 0 Å². The molecule has 1 heterocycles. The van der Waals surface area contributed by atoms with E-state index in [-0.39, 0.29) is 18.4 Å². The maximum absolute atomic E-state index is 13.3. The summed E-state index contributed by atoms with van der Waals surface area (Å²) in [7, 11) is 1.54. The highest BCUT2D eigenvalue weighted by Crippen LogP contribution is 2.25. The summed E-state index contributed by atoms with van der Waals surface area (Å²) in [5.41, 5.74) is 0.314. The third kappa shape index (κ3) is 4.55. The third-order valence-electron chi connectivity index (χ3n) is 4.41. The summed E-state index contributed by atoms with van der Waals surface area (Å²) in [5.74, 6) is 0.248. The number of nitrogens with zero attached hydrogens (tertiary/aromatic N) is 2. The van der Waals surface area contributed by atoms with E-state index in [1.165, 1.54) is 18.2 Å². The Hall–Kier alpha value is -3.09. The van der Waals surface area contributed by atoms with E-state index in [0.29, 0.717) is 43.2 Å². The Kier molecular flexibility index (Phi) is 5.90. The zero-order valence-electron chi connectivity index (χ0n) is 15.1. The number of methoxy groups -OCH3 is 1. The molecule has 6 nitrogen and oxygen atoms in total. The van der Waals surface area contributed by atoms with Crippen LogP contribution < -0.4 is 9.47 Å². The third-order valence-corrected chi connectivity index (χ3v) is 4.41. The number of rotatable bonds is 5. The van der Waals surface area contributed by atoms with E-state index in [9.17, 15) is 14.0 Å². The summed E-state index contributed by atoms with van der Waals surface area (Å²) in [5, 5.41) is 0. The molecule has 1 aliphatic rings. The Labute approximate surface area is 157 Å². The molecule has 0 aliphatic carbocycles. The van der Waals surface area contributed by atoms with Crippen molar-refractivity contribution in [2.75, 3.05) is 39.9 Å². The molecule has 0 atom stereocenters. The van der Waals surface area contributed by atoms with Gasteiger partial charge in [0, 0.05) is 31.7 Å². The van der Waals surface area contributed by atoms with E-state index in [2.05, 4.69) is 0 Å². The van der Waals surface area contributed by atoms with Gasteiger partial charge in [-0.05, 0) is 30.3 Å². The second kappa shape index (κ2) is 8.53. The van der Waals surface area contributed by atoms with Crippen molar-refractivity contribution in [2.45, 2.75) is 0 Å². The summed E-state index contributed by atoms with van der Waals surface area (Å²) in [6, 6.07) is 12.7. The lowest BCUT2D eigenvalue weighted by Crippen LogP contribution is -2.51. The van der Waals surface area contributed by atoms with E-state index in [0.717, 1.165) is 0 Å². The van der Waals surface area contributed by atoms with Crippen molar-refractivity contribution in [2.24, 2.45) is 0 Å². The number of amides is 2. The minimum Gasteiger partial charge on any atom is -0.493 e. The highest BCUT2D eigenvalue weighted by molar-refractivity contribution is 5.94. The van der Waals surface area contributed by atoms with Gasteiger partial charge in [0.1, 0.15) is 5.82 Å².